The molecule has 1 amide bonds. The van der Waals surface area contributed by atoms with Gasteiger partial charge >= 0.3 is 11.9 Å². The van der Waals surface area contributed by atoms with Gasteiger partial charge in [0, 0.05) is 0 Å². The van der Waals surface area contributed by atoms with Gasteiger partial charge in [-0.15, -0.1) is 0 Å². The van der Waals surface area contributed by atoms with Gasteiger partial charge in [-0.25, -0.2) is 4.79 Å². The highest BCUT2D eigenvalue weighted by Crippen LogP contribution is 2.08. The lowest BCUT2D eigenvalue weighted by Crippen LogP contribution is -2.29. The normalized spacial score (nSPS) is 9.53. The molecule has 7 nitrogen and oxygen atoms in total. The Morgan fingerprint density at radius 3 is 2.41 bits per heavy atom. The third-order valence-corrected chi connectivity index (χ3v) is 1.84. The molecular weight excluding hydrogens is 230 g/mol. The van der Waals surface area contributed by atoms with Crippen molar-refractivity contribution in [2.45, 2.75) is 0 Å². The summed E-state index contributed by atoms with van der Waals surface area (Å²) >= 11 is 0. The van der Waals surface area contributed by atoms with Gasteiger partial charge in [0.1, 0.15) is 6.54 Å². The molecule has 0 unspecified atom stereocenters. The van der Waals surface area contributed by atoms with Gasteiger partial charge < -0.3 is 19.2 Å². The van der Waals surface area contributed by atoms with Crippen LogP contribution in [0.2, 0.25) is 0 Å². The first-order valence-corrected chi connectivity index (χ1v) is 4.61. The van der Waals surface area contributed by atoms with Crippen LogP contribution in [0, 0.1) is 0 Å². The molecule has 0 saturated carbocycles. The smallest absolute Gasteiger partial charge is 0.373 e. The van der Waals surface area contributed by atoms with Crippen molar-refractivity contribution in [2.24, 2.45) is 0 Å². The van der Waals surface area contributed by atoms with E-state index in [-0.39, 0.29) is 18.1 Å². The summed E-state index contributed by atoms with van der Waals surface area (Å²) in [7, 11) is 2.40. The summed E-state index contributed by atoms with van der Waals surface area (Å²) < 4.78 is 13.7. The number of methoxy groups -OCH3 is 2. The Balaban J connectivity index is 2.61. The molecule has 1 rings (SSSR count). The molecule has 17 heavy (non-hydrogen) atoms. The first-order valence-electron chi connectivity index (χ1n) is 4.61. The number of nitrogens with one attached hydrogen (secondary N) is 1. The van der Waals surface area contributed by atoms with Crippen molar-refractivity contribution in [3.05, 3.63) is 23.7 Å². The largest absolute Gasteiger partial charge is 0.468 e. The molecule has 7 heteroatoms. The fourth-order valence-electron chi connectivity index (χ4n) is 0.982. The minimum atomic E-state index is -0.683. The number of carbonyl (C=O) groups excluding carboxylic acids is 3. The summed E-state index contributed by atoms with van der Waals surface area (Å²) in [4.78, 5) is 33.2. The van der Waals surface area contributed by atoms with Gasteiger partial charge in [0.2, 0.25) is 5.76 Å². The number of carbonyl (C=O) groups is 3. The van der Waals surface area contributed by atoms with Crippen LogP contribution in [-0.2, 0) is 14.3 Å². The van der Waals surface area contributed by atoms with Crippen molar-refractivity contribution in [1.82, 2.24) is 5.32 Å². The van der Waals surface area contributed by atoms with Gasteiger partial charge in [0.25, 0.3) is 5.91 Å². The molecule has 0 aromatic carbocycles. The second-order valence-corrected chi connectivity index (χ2v) is 2.91. The highest BCUT2D eigenvalue weighted by Gasteiger charge is 2.16. The van der Waals surface area contributed by atoms with Crippen LogP contribution in [0.15, 0.2) is 16.5 Å². The molecule has 0 saturated heterocycles. The van der Waals surface area contributed by atoms with Crippen LogP contribution in [0.5, 0.6) is 0 Å². The third-order valence-electron chi connectivity index (χ3n) is 1.84. The topological polar surface area (TPSA) is 94.8 Å². The van der Waals surface area contributed by atoms with Crippen LogP contribution < -0.4 is 5.32 Å². The van der Waals surface area contributed by atoms with Crippen LogP contribution in [0.1, 0.15) is 21.1 Å². The van der Waals surface area contributed by atoms with Gasteiger partial charge in [0.05, 0.1) is 14.2 Å². The molecule has 0 bridgehead atoms. The van der Waals surface area contributed by atoms with Gasteiger partial charge in [-0.3, -0.25) is 9.59 Å². The maximum Gasteiger partial charge on any atom is 0.373 e. The Kier molecular flexibility index (Phi) is 4.27. The fourth-order valence-corrected chi connectivity index (χ4v) is 0.982. The zero-order valence-electron chi connectivity index (χ0n) is 9.31. The van der Waals surface area contributed by atoms with Crippen molar-refractivity contribution in [2.75, 3.05) is 20.8 Å². The first-order chi connectivity index (χ1) is 8.08. The van der Waals surface area contributed by atoms with Gasteiger partial charge in [-0.2, -0.15) is 0 Å². The predicted octanol–water partition coefficient (Wildman–Crippen LogP) is -0.0310. The highest BCUT2D eigenvalue weighted by molar-refractivity contribution is 5.95. The minimum Gasteiger partial charge on any atom is -0.468 e. The van der Waals surface area contributed by atoms with Crippen molar-refractivity contribution in [1.29, 1.82) is 0 Å². The predicted molar refractivity (Wildman–Crippen MR) is 54.4 cm³/mol. The Bertz CT molecular complexity index is 436. The van der Waals surface area contributed by atoms with E-state index in [1.807, 2.05) is 0 Å². The van der Waals surface area contributed by atoms with E-state index in [0.717, 1.165) is 0 Å². The van der Waals surface area contributed by atoms with Crippen molar-refractivity contribution >= 4 is 17.8 Å². The number of hydrogen-bond donors (Lipinski definition) is 1. The fraction of sp³-hybridized carbons (Fsp3) is 0.300. The summed E-state index contributed by atoms with van der Waals surface area (Å²) in [5.74, 6) is -2.06. The Hall–Kier alpha value is -2.31. The number of rotatable bonds is 4. The van der Waals surface area contributed by atoms with Gasteiger partial charge in [0.15, 0.2) is 5.76 Å². The zero-order chi connectivity index (χ0) is 12.8. The third kappa shape index (κ3) is 3.33. The second kappa shape index (κ2) is 5.69. The average molecular weight is 241 g/mol. The Morgan fingerprint density at radius 2 is 1.82 bits per heavy atom. The Morgan fingerprint density at radius 1 is 1.18 bits per heavy atom. The molecule has 1 N–H and O–H groups in total. The maximum absolute atomic E-state index is 11.4. The van der Waals surface area contributed by atoms with Gasteiger partial charge in [-0.1, -0.05) is 0 Å². The maximum atomic E-state index is 11.4. The molecule has 1 aromatic heterocycles. The van der Waals surface area contributed by atoms with Crippen molar-refractivity contribution in [3.8, 4) is 0 Å². The van der Waals surface area contributed by atoms with E-state index in [1.54, 1.807) is 0 Å². The molecule has 0 atom stereocenters. The van der Waals surface area contributed by atoms with Crippen molar-refractivity contribution in [3.63, 3.8) is 0 Å². The van der Waals surface area contributed by atoms with E-state index in [0.29, 0.717) is 0 Å². The molecule has 0 spiro atoms. The summed E-state index contributed by atoms with van der Waals surface area (Å²) in [6.45, 7) is -0.274. The minimum absolute atomic E-state index is 0.0873. The summed E-state index contributed by atoms with van der Waals surface area (Å²) in [5.41, 5.74) is 0. The summed E-state index contributed by atoms with van der Waals surface area (Å²) in [5, 5.41) is 2.26. The van der Waals surface area contributed by atoms with E-state index < -0.39 is 17.8 Å². The lowest BCUT2D eigenvalue weighted by atomic mass is 10.4. The Labute approximate surface area is 96.7 Å². The van der Waals surface area contributed by atoms with E-state index in [2.05, 4.69) is 14.8 Å². The molecule has 0 aliphatic carbocycles. The monoisotopic (exact) mass is 241 g/mol. The summed E-state index contributed by atoms with van der Waals surface area (Å²) in [6, 6.07) is 2.61. The zero-order valence-corrected chi connectivity index (χ0v) is 9.31. The number of esters is 2. The average Bonchev–Trinajstić information content (AvgIpc) is 2.83. The first kappa shape index (κ1) is 12.8. The lowest BCUT2D eigenvalue weighted by Gasteiger charge is -2.00. The van der Waals surface area contributed by atoms with Crippen LogP contribution in [0.4, 0.5) is 0 Å². The summed E-state index contributed by atoms with van der Waals surface area (Å²) in [6.07, 6.45) is 0. The SMILES string of the molecule is COC(=O)CNC(=O)c1ccc(C(=O)OC)o1. The standard InChI is InChI=1S/C10H11NO6/c1-15-8(12)5-11-9(13)6-3-4-7(17-6)10(14)16-2/h3-4H,5H2,1-2H3,(H,11,13). The van der Waals surface area contributed by atoms with E-state index in [1.165, 1.54) is 26.4 Å². The number of amides is 1. The molecule has 92 valence electrons. The number of ether oxygens (including phenoxy) is 2. The lowest BCUT2D eigenvalue weighted by molar-refractivity contribution is -0.139. The number of furan rings is 1. The van der Waals surface area contributed by atoms with E-state index in [4.69, 9.17) is 4.42 Å². The van der Waals surface area contributed by atoms with Gasteiger partial charge in [-0.05, 0) is 12.1 Å². The van der Waals surface area contributed by atoms with Crippen LogP contribution in [-0.4, -0.2) is 38.6 Å². The molecular formula is C10H11NO6. The second-order valence-electron chi connectivity index (χ2n) is 2.91. The van der Waals surface area contributed by atoms with Crippen LogP contribution in [0.3, 0.4) is 0 Å². The molecule has 0 aliphatic rings. The van der Waals surface area contributed by atoms with E-state index >= 15 is 0 Å². The molecule has 0 aliphatic heterocycles. The molecule has 0 radical (unpaired) electrons. The highest BCUT2D eigenvalue weighted by atomic mass is 16.5. The molecule has 0 fully saturated rings. The number of hydrogen-bond acceptors (Lipinski definition) is 6. The van der Waals surface area contributed by atoms with Crippen molar-refractivity contribution < 1.29 is 28.3 Å². The quantitative estimate of drug-likeness (QED) is 0.744. The van der Waals surface area contributed by atoms with Crippen LogP contribution >= 0.6 is 0 Å². The van der Waals surface area contributed by atoms with E-state index in [9.17, 15) is 14.4 Å². The molecule has 1 aromatic rings. The molecule has 1 heterocycles. The van der Waals surface area contributed by atoms with Crippen LogP contribution in [0.25, 0.3) is 0 Å².